The molecule has 7 heteroatoms. The lowest BCUT2D eigenvalue weighted by atomic mass is 10.2. The largest absolute Gasteiger partial charge is 0.382 e. The number of nitrogens with two attached hydrogens (primary N) is 1. The molecule has 0 radical (unpaired) electrons. The fourth-order valence-electron chi connectivity index (χ4n) is 2.27. The summed E-state index contributed by atoms with van der Waals surface area (Å²) in [6.07, 6.45) is 0. The number of aryl methyl sites for hydroxylation is 2. The lowest BCUT2D eigenvalue weighted by Gasteiger charge is -2.09. The van der Waals surface area contributed by atoms with Crippen molar-refractivity contribution in [3.8, 4) is 0 Å². The SMILES string of the molecule is Cc1ccc(Nc2nc(N)c(C(=O)Nc3c(C)cccc3Cl)s2)cc1. The number of halogens is 1. The molecule has 0 spiro atoms. The lowest BCUT2D eigenvalue weighted by Crippen LogP contribution is -2.13. The van der Waals surface area contributed by atoms with Crippen LogP contribution in [0.4, 0.5) is 22.3 Å². The van der Waals surface area contributed by atoms with Crippen molar-refractivity contribution in [3.05, 3.63) is 63.5 Å². The highest BCUT2D eigenvalue weighted by molar-refractivity contribution is 7.18. The third-order valence-electron chi connectivity index (χ3n) is 3.62. The number of carbonyl (C=O) groups excluding carboxylic acids is 1. The fourth-order valence-corrected chi connectivity index (χ4v) is 3.34. The summed E-state index contributed by atoms with van der Waals surface area (Å²) in [6.45, 7) is 3.90. The van der Waals surface area contributed by atoms with E-state index in [0.29, 0.717) is 20.7 Å². The van der Waals surface area contributed by atoms with Gasteiger partial charge >= 0.3 is 0 Å². The van der Waals surface area contributed by atoms with Crippen molar-refractivity contribution < 1.29 is 4.79 Å². The van der Waals surface area contributed by atoms with Crippen LogP contribution in [0.15, 0.2) is 42.5 Å². The number of nitrogen functional groups attached to an aromatic ring is 1. The Bertz CT molecular complexity index is 901. The molecule has 0 saturated heterocycles. The lowest BCUT2D eigenvalue weighted by molar-refractivity contribution is 0.103. The highest BCUT2D eigenvalue weighted by Gasteiger charge is 2.18. The van der Waals surface area contributed by atoms with Crippen LogP contribution < -0.4 is 16.4 Å². The van der Waals surface area contributed by atoms with Gasteiger partial charge in [0.05, 0.1) is 10.7 Å². The molecule has 5 nitrogen and oxygen atoms in total. The number of nitrogens with zero attached hydrogens (tertiary/aromatic N) is 1. The van der Waals surface area contributed by atoms with E-state index in [0.717, 1.165) is 11.3 Å². The standard InChI is InChI=1S/C18H17ClN4OS/c1-10-6-8-12(9-7-10)21-18-23-16(20)15(25-18)17(24)22-14-11(2)4-3-5-13(14)19/h3-9H,20H2,1-2H3,(H,21,23)(H,22,24). The van der Waals surface area contributed by atoms with Crippen LogP contribution in [0.2, 0.25) is 5.02 Å². The number of anilines is 4. The molecule has 128 valence electrons. The van der Waals surface area contributed by atoms with Crippen molar-refractivity contribution in [2.75, 3.05) is 16.4 Å². The second-order valence-electron chi connectivity index (χ2n) is 5.61. The second kappa shape index (κ2) is 7.13. The number of hydrogen-bond acceptors (Lipinski definition) is 5. The summed E-state index contributed by atoms with van der Waals surface area (Å²) < 4.78 is 0. The molecule has 0 fully saturated rings. The van der Waals surface area contributed by atoms with Gasteiger partial charge in [-0.2, -0.15) is 0 Å². The maximum Gasteiger partial charge on any atom is 0.269 e. The van der Waals surface area contributed by atoms with Gasteiger partial charge in [-0.15, -0.1) is 0 Å². The monoisotopic (exact) mass is 372 g/mol. The Morgan fingerprint density at radius 3 is 2.56 bits per heavy atom. The van der Waals surface area contributed by atoms with Gasteiger partial charge in [-0.3, -0.25) is 4.79 Å². The zero-order valence-electron chi connectivity index (χ0n) is 13.8. The topological polar surface area (TPSA) is 80.0 Å². The summed E-state index contributed by atoms with van der Waals surface area (Å²) in [5.41, 5.74) is 9.42. The summed E-state index contributed by atoms with van der Waals surface area (Å²) >= 11 is 7.35. The van der Waals surface area contributed by atoms with Crippen LogP contribution in [0, 0.1) is 13.8 Å². The molecule has 0 aliphatic rings. The molecule has 0 unspecified atom stereocenters. The van der Waals surface area contributed by atoms with Crippen LogP contribution in [0.3, 0.4) is 0 Å². The quantitative estimate of drug-likeness (QED) is 0.602. The number of nitrogens with one attached hydrogen (secondary N) is 2. The van der Waals surface area contributed by atoms with E-state index in [9.17, 15) is 4.79 Å². The number of hydrogen-bond donors (Lipinski definition) is 3. The average Bonchev–Trinajstić information content (AvgIpc) is 2.94. The molecule has 1 amide bonds. The highest BCUT2D eigenvalue weighted by Crippen LogP contribution is 2.30. The molecular formula is C18H17ClN4OS. The van der Waals surface area contributed by atoms with Crippen LogP contribution in [0.25, 0.3) is 0 Å². The number of rotatable bonds is 4. The number of para-hydroxylation sites is 1. The van der Waals surface area contributed by atoms with Gasteiger partial charge < -0.3 is 16.4 Å². The second-order valence-corrected chi connectivity index (χ2v) is 7.02. The summed E-state index contributed by atoms with van der Waals surface area (Å²) in [5, 5.41) is 7.01. The van der Waals surface area contributed by atoms with Gasteiger partial charge in [0.1, 0.15) is 10.7 Å². The Labute approximate surface area is 154 Å². The number of carbonyl (C=O) groups is 1. The molecule has 4 N–H and O–H groups in total. The molecule has 3 aromatic rings. The van der Waals surface area contributed by atoms with Gasteiger partial charge in [-0.05, 0) is 37.6 Å². The van der Waals surface area contributed by atoms with Crippen molar-refractivity contribution in [3.63, 3.8) is 0 Å². The molecule has 0 aliphatic carbocycles. The summed E-state index contributed by atoms with van der Waals surface area (Å²) in [5.74, 6) is -0.148. The van der Waals surface area contributed by atoms with E-state index in [2.05, 4.69) is 15.6 Å². The predicted molar refractivity (Wildman–Crippen MR) is 105 cm³/mol. The number of thiazole rings is 1. The van der Waals surface area contributed by atoms with Gasteiger partial charge in [0.25, 0.3) is 5.91 Å². The van der Waals surface area contributed by atoms with E-state index in [4.69, 9.17) is 17.3 Å². The van der Waals surface area contributed by atoms with Crippen molar-refractivity contribution >= 4 is 51.2 Å². The van der Waals surface area contributed by atoms with Gasteiger partial charge in [-0.25, -0.2) is 4.98 Å². The maximum atomic E-state index is 12.5. The molecular weight excluding hydrogens is 356 g/mol. The van der Waals surface area contributed by atoms with Crippen molar-refractivity contribution in [2.45, 2.75) is 13.8 Å². The molecule has 0 aliphatic heterocycles. The van der Waals surface area contributed by atoms with Crippen LogP contribution in [0.1, 0.15) is 20.8 Å². The molecule has 0 atom stereocenters. The van der Waals surface area contributed by atoms with Gasteiger partial charge in [0.2, 0.25) is 0 Å². The summed E-state index contributed by atoms with van der Waals surface area (Å²) in [6, 6.07) is 13.3. The Kier molecular flexibility index (Phi) is 4.92. The van der Waals surface area contributed by atoms with E-state index in [1.165, 1.54) is 16.9 Å². The molecule has 0 saturated carbocycles. The molecule has 0 bridgehead atoms. The Morgan fingerprint density at radius 1 is 1.16 bits per heavy atom. The van der Waals surface area contributed by atoms with Crippen LogP contribution in [-0.2, 0) is 0 Å². The molecule has 1 heterocycles. The van der Waals surface area contributed by atoms with Gasteiger partial charge in [0, 0.05) is 5.69 Å². The van der Waals surface area contributed by atoms with E-state index in [1.807, 2.05) is 50.2 Å². The van der Waals surface area contributed by atoms with Crippen LogP contribution >= 0.6 is 22.9 Å². The number of benzene rings is 2. The van der Waals surface area contributed by atoms with E-state index < -0.39 is 0 Å². The Hall–Kier alpha value is -2.57. The van der Waals surface area contributed by atoms with Crippen LogP contribution in [0.5, 0.6) is 0 Å². The first kappa shape index (κ1) is 17.3. The summed E-state index contributed by atoms with van der Waals surface area (Å²) in [7, 11) is 0. The fraction of sp³-hybridized carbons (Fsp3) is 0.111. The van der Waals surface area contributed by atoms with Gasteiger partial charge in [0.15, 0.2) is 5.13 Å². The zero-order chi connectivity index (χ0) is 18.0. The summed E-state index contributed by atoms with van der Waals surface area (Å²) in [4.78, 5) is 17.1. The minimum Gasteiger partial charge on any atom is -0.382 e. The zero-order valence-corrected chi connectivity index (χ0v) is 15.3. The first-order valence-corrected chi connectivity index (χ1v) is 8.80. The van der Waals surface area contributed by atoms with E-state index in [1.54, 1.807) is 6.07 Å². The first-order valence-electron chi connectivity index (χ1n) is 7.60. The Morgan fingerprint density at radius 2 is 1.88 bits per heavy atom. The molecule has 2 aromatic carbocycles. The number of aromatic nitrogens is 1. The molecule has 3 rings (SSSR count). The van der Waals surface area contributed by atoms with E-state index in [-0.39, 0.29) is 11.7 Å². The Balaban J connectivity index is 1.80. The van der Waals surface area contributed by atoms with Crippen molar-refractivity contribution in [1.29, 1.82) is 0 Å². The minimum absolute atomic E-state index is 0.182. The predicted octanol–water partition coefficient (Wildman–Crippen LogP) is 4.99. The number of amides is 1. The van der Waals surface area contributed by atoms with E-state index >= 15 is 0 Å². The molecule has 1 aromatic heterocycles. The normalized spacial score (nSPS) is 10.5. The first-order chi connectivity index (χ1) is 11.9. The highest BCUT2D eigenvalue weighted by atomic mass is 35.5. The smallest absolute Gasteiger partial charge is 0.269 e. The maximum absolute atomic E-state index is 12.5. The van der Waals surface area contributed by atoms with Crippen LogP contribution in [-0.4, -0.2) is 10.9 Å². The minimum atomic E-state index is -0.330. The van der Waals surface area contributed by atoms with Crippen molar-refractivity contribution in [1.82, 2.24) is 4.98 Å². The van der Waals surface area contributed by atoms with Crippen molar-refractivity contribution in [2.24, 2.45) is 0 Å². The third kappa shape index (κ3) is 3.92. The van der Waals surface area contributed by atoms with Gasteiger partial charge in [-0.1, -0.05) is 52.8 Å². The average molecular weight is 373 g/mol. The molecule has 25 heavy (non-hydrogen) atoms. The third-order valence-corrected chi connectivity index (χ3v) is 4.92.